The lowest BCUT2D eigenvalue weighted by Gasteiger charge is -2.31. The van der Waals surface area contributed by atoms with Gasteiger partial charge in [0.2, 0.25) is 5.91 Å². The zero-order valence-corrected chi connectivity index (χ0v) is 14.9. The van der Waals surface area contributed by atoms with E-state index in [1.54, 1.807) is 11.0 Å². The van der Waals surface area contributed by atoms with Crippen molar-refractivity contribution in [3.63, 3.8) is 0 Å². The molecule has 1 saturated heterocycles. The highest BCUT2D eigenvalue weighted by molar-refractivity contribution is 5.90. The molecule has 6 heteroatoms. The SMILES string of the molecule is C=CCON1C(=O)N2C[C@@H]1c1ccccc1[C@@H]2C(=O)NCc1ccccc1. The van der Waals surface area contributed by atoms with Crippen molar-refractivity contribution in [1.82, 2.24) is 15.3 Å². The van der Waals surface area contributed by atoms with Crippen LogP contribution in [-0.2, 0) is 16.2 Å². The molecule has 1 fully saturated rings. The number of hydrogen-bond acceptors (Lipinski definition) is 3. The molecule has 2 heterocycles. The molecule has 0 spiro atoms. The molecule has 4 rings (SSSR count). The molecule has 2 bridgehead atoms. The third-order valence-corrected chi connectivity index (χ3v) is 4.94. The summed E-state index contributed by atoms with van der Waals surface area (Å²) in [6.45, 7) is 4.72. The lowest BCUT2D eigenvalue weighted by atomic mass is 9.90. The monoisotopic (exact) mass is 363 g/mol. The Morgan fingerprint density at radius 1 is 1.15 bits per heavy atom. The van der Waals surface area contributed by atoms with Gasteiger partial charge in [-0.3, -0.25) is 9.63 Å². The Kier molecular flexibility index (Phi) is 4.64. The summed E-state index contributed by atoms with van der Waals surface area (Å²) in [6, 6.07) is 16.2. The van der Waals surface area contributed by atoms with E-state index in [1.807, 2.05) is 54.6 Å². The molecule has 2 aromatic carbocycles. The molecular formula is C21H21N3O3. The largest absolute Gasteiger partial charge is 0.350 e. The van der Waals surface area contributed by atoms with E-state index in [9.17, 15) is 9.59 Å². The highest BCUT2D eigenvalue weighted by Crippen LogP contribution is 2.43. The molecule has 0 aliphatic carbocycles. The fourth-order valence-electron chi connectivity index (χ4n) is 3.71. The fraction of sp³-hybridized carbons (Fsp3) is 0.238. The van der Waals surface area contributed by atoms with Gasteiger partial charge in [-0.05, 0) is 16.7 Å². The lowest BCUT2D eigenvalue weighted by molar-refractivity contribution is -0.126. The molecule has 2 atom stereocenters. The smallest absolute Gasteiger partial charge is 0.345 e. The Hall–Kier alpha value is -3.12. The Labute approximate surface area is 158 Å². The Morgan fingerprint density at radius 3 is 2.59 bits per heavy atom. The van der Waals surface area contributed by atoms with Crippen LogP contribution < -0.4 is 5.32 Å². The van der Waals surface area contributed by atoms with Gasteiger partial charge in [0.1, 0.15) is 12.1 Å². The molecule has 0 saturated carbocycles. The molecule has 138 valence electrons. The summed E-state index contributed by atoms with van der Waals surface area (Å²) in [7, 11) is 0. The summed E-state index contributed by atoms with van der Waals surface area (Å²) in [5.74, 6) is -0.191. The predicted octanol–water partition coefficient (Wildman–Crippen LogP) is 2.95. The van der Waals surface area contributed by atoms with Crippen LogP contribution >= 0.6 is 0 Å². The third kappa shape index (κ3) is 3.08. The molecule has 3 amide bonds. The normalized spacial score (nSPS) is 20.4. The van der Waals surface area contributed by atoms with Gasteiger partial charge >= 0.3 is 6.03 Å². The molecule has 2 aliphatic heterocycles. The summed E-state index contributed by atoms with van der Waals surface area (Å²) in [5, 5.41) is 4.33. The van der Waals surface area contributed by atoms with Gasteiger partial charge in [0.05, 0.1) is 13.2 Å². The lowest BCUT2D eigenvalue weighted by Crippen LogP contribution is -2.43. The number of urea groups is 1. The van der Waals surface area contributed by atoms with E-state index in [1.165, 1.54) is 5.06 Å². The third-order valence-electron chi connectivity index (χ3n) is 4.94. The van der Waals surface area contributed by atoms with Crippen molar-refractivity contribution in [3.8, 4) is 0 Å². The van der Waals surface area contributed by atoms with Crippen molar-refractivity contribution in [1.29, 1.82) is 0 Å². The molecule has 0 unspecified atom stereocenters. The molecule has 1 N–H and O–H groups in total. The Bertz CT molecular complexity index is 868. The van der Waals surface area contributed by atoms with E-state index >= 15 is 0 Å². The molecule has 6 nitrogen and oxygen atoms in total. The number of carbonyl (C=O) groups excluding carboxylic acids is 2. The van der Waals surface area contributed by atoms with Crippen LogP contribution in [0.4, 0.5) is 4.79 Å². The Morgan fingerprint density at radius 2 is 1.85 bits per heavy atom. The standard InChI is InChI=1S/C21H21N3O3/c1-2-12-27-24-18-14-23(21(24)26)19(17-11-7-6-10-16(17)18)20(25)22-13-15-8-4-3-5-9-15/h2-11,18-19H,1,12-14H2,(H,22,25)/t18-,19-/m1/s1. The number of rotatable bonds is 6. The maximum absolute atomic E-state index is 13.0. The zero-order valence-electron chi connectivity index (χ0n) is 14.9. The number of benzene rings is 2. The summed E-state index contributed by atoms with van der Waals surface area (Å²) in [6.07, 6.45) is 1.60. The van der Waals surface area contributed by atoms with E-state index in [0.29, 0.717) is 13.1 Å². The minimum atomic E-state index is -0.661. The first-order valence-corrected chi connectivity index (χ1v) is 8.95. The number of hydroxylamine groups is 2. The van der Waals surface area contributed by atoms with E-state index in [2.05, 4.69) is 11.9 Å². The van der Waals surface area contributed by atoms with E-state index in [0.717, 1.165) is 16.7 Å². The van der Waals surface area contributed by atoms with Crippen LogP contribution in [0.5, 0.6) is 0 Å². The zero-order chi connectivity index (χ0) is 18.8. The molecular weight excluding hydrogens is 342 g/mol. The summed E-state index contributed by atoms with van der Waals surface area (Å²) in [4.78, 5) is 33.0. The molecule has 27 heavy (non-hydrogen) atoms. The van der Waals surface area contributed by atoms with Crippen molar-refractivity contribution in [2.24, 2.45) is 0 Å². The van der Waals surface area contributed by atoms with Crippen LogP contribution in [0.25, 0.3) is 0 Å². The van der Waals surface area contributed by atoms with Crippen LogP contribution in [0.1, 0.15) is 28.8 Å². The maximum Gasteiger partial charge on any atom is 0.345 e. The van der Waals surface area contributed by atoms with Crippen molar-refractivity contribution >= 4 is 11.9 Å². The number of carbonyl (C=O) groups is 2. The number of nitrogens with one attached hydrogen (secondary N) is 1. The summed E-state index contributed by atoms with van der Waals surface area (Å²) < 4.78 is 0. The highest BCUT2D eigenvalue weighted by atomic mass is 16.7. The molecule has 0 radical (unpaired) electrons. The number of amides is 3. The van der Waals surface area contributed by atoms with Crippen LogP contribution in [0.2, 0.25) is 0 Å². The molecule has 2 aromatic rings. The van der Waals surface area contributed by atoms with Gasteiger partial charge in [0, 0.05) is 6.54 Å². The topological polar surface area (TPSA) is 61.9 Å². The van der Waals surface area contributed by atoms with Crippen molar-refractivity contribution < 1.29 is 14.4 Å². The van der Waals surface area contributed by atoms with Gasteiger partial charge in [-0.1, -0.05) is 60.7 Å². The summed E-state index contributed by atoms with van der Waals surface area (Å²) >= 11 is 0. The van der Waals surface area contributed by atoms with Crippen LogP contribution in [-0.4, -0.2) is 35.1 Å². The maximum atomic E-state index is 13.0. The number of fused-ring (bicyclic) bond motifs is 4. The van der Waals surface area contributed by atoms with Crippen molar-refractivity contribution in [2.45, 2.75) is 18.6 Å². The second-order valence-corrected chi connectivity index (χ2v) is 6.60. The van der Waals surface area contributed by atoms with Crippen molar-refractivity contribution in [3.05, 3.63) is 83.9 Å². The summed E-state index contributed by atoms with van der Waals surface area (Å²) in [5.41, 5.74) is 2.80. The second kappa shape index (κ2) is 7.25. The highest BCUT2D eigenvalue weighted by Gasteiger charge is 2.50. The first-order valence-electron chi connectivity index (χ1n) is 8.95. The van der Waals surface area contributed by atoms with E-state index < -0.39 is 6.04 Å². The minimum absolute atomic E-state index is 0.191. The first-order chi connectivity index (χ1) is 13.2. The fourth-order valence-corrected chi connectivity index (χ4v) is 3.71. The minimum Gasteiger partial charge on any atom is -0.350 e. The van der Waals surface area contributed by atoms with E-state index in [-0.39, 0.29) is 24.6 Å². The van der Waals surface area contributed by atoms with Gasteiger partial charge in [0.15, 0.2) is 0 Å². The molecule has 2 aliphatic rings. The van der Waals surface area contributed by atoms with Gasteiger partial charge in [0.25, 0.3) is 0 Å². The quantitative estimate of drug-likeness (QED) is 0.803. The number of nitrogens with zero attached hydrogens (tertiary/aromatic N) is 2. The van der Waals surface area contributed by atoms with E-state index in [4.69, 9.17) is 4.84 Å². The predicted molar refractivity (Wildman–Crippen MR) is 100 cm³/mol. The van der Waals surface area contributed by atoms with Crippen LogP contribution in [0.3, 0.4) is 0 Å². The average molecular weight is 363 g/mol. The first kappa shape index (κ1) is 17.3. The van der Waals surface area contributed by atoms with Gasteiger partial charge in [-0.15, -0.1) is 6.58 Å². The van der Waals surface area contributed by atoms with Crippen molar-refractivity contribution in [2.75, 3.05) is 13.2 Å². The second-order valence-electron chi connectivity index (χ2n) is 6.60. The van der Waals surface area contributed by atoms with Crippen LogP contribution in [0, 0.1) is 0 Å². The van der Waals surface area contributed by atoms with Gasteiger partial charge in [-0.25, -0.2) is 4.79 Å². The van der Waals surface area contributed by atoms with Gasteiger partial charge < -0.3 is 10.2 Å². The number of hydrogen-bond donors (Lipinski definition) is 1. The van der Waals surface area contributed by atoms with Crippen LogP contribution in [0.15, 0.2) is 67.3 Å². The van der Waals surface area contributed by atoms with Gasteiger partial charge in [-0.2, -0.15) is 5.06 Å². The average Bonchev–Trinajstić information content (AvgIpc) is 2.98. The molecule has 0 aromatic heterocycles. The Balaban J connectivity index is 1.60.